The van der Waals surface area contributed by atoms with Gasteiger partial charge in [-0.15, -0.1) is 0 Å². The van der Waals surface area contributed by atoms with Crippen LogP contribution in [0.1, 0.15) is 11.1 Å². The minimum atomic E-state index is -0.973. The maximum Gasteiger partial charge on any atom is 0.319 e. The molecule has 0 aromatic heterocycles. The third kappa shape index (κ3) is 3.94. The van der Waals surface area contributed by atoms with Crippen molar-refractivity contribution < 1.29 is 28.5 Å². The minimum Gasteiger partial charge on any atom is -0.491 e. The van der Waals surface area contributed by atoms with Crippen molar-refractivity contribution in [2.45, 2.75) is 5.41 Å². The molecule has 7 rings (SSSR count). The third-order valence-corrected chi connectivity index (χ3v) is 7.36. The number of hydrogen-bond acceptors (Lipinski definition) is 6. The highest BCUT2D eigenvalue weighted by molar-refractivity contribution is 6.11. The highest BCUT2D eigenvalue weighted by atomic mass is 16.7. The topological polar surface area (TPSA) is 98.4 Å². The van der Waals surface area contributed by atoms with E-state index in [9.17, 15) is 9.59 Å². The summed E-state index contributed by atoms with van der Waals surface area (Å²) >= 11 is 0. The van der Waals surface area contributed by atoms with Gasteiger partial charge in [-0.3, -0.25) is 4.79 Å². The van der Waals surface area contributed by atoms with Crippen molar-refractivity contribution in [1.29, 1.82) is 0 Å². The molecule has 1 atom stereocenters. The van der Waals surface area contributed by atoms with Crippen LogP contribution in [0.25, 0.3) is 0 Å². The van der Waals surface area contributed by atoms with E-state index in [0.29, 0.717) is 35.2 Å². The Bertz CT molecular complexity index is 1610. The lowest BCUT2D eigenvalue weighted by Crippen LogP contribution is -2.45. The van der Waals surface area contributed by atoms with Crippen LogP contribution < -0.4 is 34.5 Å². The molecule has 1 unspecified atom stereocenters. The number of nitrogens with zero attached hydrogens (tertiary/aromatic N) is 1. The highest BCUT2D eigenvalue weighted by Crippen LogP contribution is 2.54. The molecule has 2 N–H and O–H groups in total. The summed E-state index contributed by atoms with van der Waals surface area (Å²) < 4.78 is 22.9. The molecule has 3 aliphatic rings. The fourth-order valence-corrected chi connectivity index (χ4v) is 5.47. The van der Waals surface area contributed by atoms with Gasteiger partial charge in [0.1, 0.15) is 29.3 Å². The first kappa shape index (κ1) is 23.9. The number of carbonyl (C=O) groups excluding carboxylic acids is 2. The number of urea groups is 1. The lowest BCUT2D eigenvalue weighted by Gasteiger charge is -2.23. The second-order valence-electron chi connectivity index (χ2n) is 9.69. The molecule has 40 heavy (non-hydrogen) atoms. The predicted octanol–water partition coefficient (Wildman–Crippen LogP) is 5.05. The van der Waals surface area contributed by atoms with Gasteiger partial charge in [-0.25, -0.2) is 4.79 Å². The van der Waals surface area contributed by atoms with Gasteiger partial charge in [0, 0.05) is 36.1 Å². The van der Waals surface area contributed by atoms with Crippen LogP contribution in [0.2, 0.25) is 0 Å². The highest BCUT2D eigenvalue weighted by Gasteiger charge is 2.57. The fourth-order valence-electron chi connectivity index (χ4n) is 5.47. The smallest absolute Gasteiger partial charge is 0.319 e. The molecule has 0 bridgehead atoms. The number of benzene rings is 4. The van der Waals surface area contributed by atoms with E-state index in [1.807, 2.05) is 60.7 Å². The maximum absolute atomic E-state index is 14.0. The number of ether oxygens (including phenoxy) is 4. The first-order valence-corrected chi connectivity index (χ1v) is 13.0. The van der Waals surface area contributed by atoms with Crippen molar-refractivity contribution >= 4 is 23.3 Å². The average molecular weight is 536 g/mol. The Hall–Kier alpha value is -5.18. The zero-order valence-corrected chi connectivity index (χ0v) is 21.4. The number of rotatable bonds is 6. The summed E-state index contributed by atoms with van der Waals surface area (Å²) in [4.78, 5) is 28.3. The lowest BCUT2D eigenvalue weighted by molar-refractivity contribution is -0.122. The van der Waals surface area contributed by atoms with Crippen molar-refractivity contribution in [3.8, 4) is 28.7 Å². The van der Waals surface area contributed by atoms with Crippen LogP contribution in [0.5, 0.6) is 28.7 Å². The van der Waals surface area contributed by atoms with E-state index in [1.165, 1.54) is 0 Å². The Balaban J connectivity index is 1.02. The van der Waals surface area contributed by atoms with Gasteiger partial charge >= 0.3 is 6.03 Å². The second kappa shape index (κ2) is 9.53. The van der Waals surface area contributed by atoms with Gasteiger partial charge in [0.05, 0.1) is 0 Å². The quantitative estimate of drug-likeness (QED) is 0.359. The Morgan fingerprint density at radius 1 is 0.825 bits per heavy atom. The van der Waals surface area contributed by atoms with Crippen molar-refractivity contribution in [3.05, 3.63) is 102 Å². The van der Waals surface area contributed by atoms with Crippen molar-refractivity contribution in [2.75, 3.05) is 36.7 Å². The van der Waals surface area contributed by atoms with Crippen LogP contribution in [0.3, 0.4) is 0 Å². The van der Waals surface area contributed by atoms with Crippen LogP contribution in [0.15, 0.2) is 91.0 Å². The van der Waals surface area contributed by atoms with Gasteiger partial charge in [-0.05, 0) is 54.1 Å². The third-order valence-electron chi connectivity index (χ3n) is 7.36. The monoisotopic (exact) mass is 535 g/mol. The van der Waals surface area contributed by atoms with E-state index < -0.39 is 5.41 Å². The molecule has 1 spiro atoms. The number of amides is 3. The molecule has 9 heteroatoms. The molecule has 0 saturated heterocycles. The van der Waals surface area contributed by atoms with Gasteiger partial charge in [0.15, 0.2) is 11.5 Å². The minimum absolute atomic E-state index is 0.0949. The molecule has 200 valence electrons. The van der Waals surface area contributed by atoms with E-state index in [4.69, 9.17) is 18.9 Å². The summed E-state index contributed by atoms with van der Waals surface area (Å²) in [7, 11) is 0. The summed E-state index contributed by atoms with van der Waals surface area (Å²) in [6.07, 6.45) is 0. The first-order valence-electron chi connectivity index (χ1n) is 13.0. The largest absolute Gasteiger partial charge is 0.491 e. The SMILES string of the molecule is O=C(NCCN1C(=O)C2(COc3cc4c(cc32)OCO4)c2ccccc21)Nc1ccc(Oc2ccccc2)cc1. The van der Waals surface area contributed by atoms with E-state index in [1.54, 1.807) is 35.2 Å². The molecule has 0 aliphatic carbocycles. The fraction of sp³-hybridized carbons (Fsp3) is 0.161. The molecule has 3 amide bonds. The number of hydrogen-bond donors (Lipinski definition) is 2. The number of fused-ring (bicyclic) bond motifs is 5. The lowest BCUT2D eigenvalue weighted by atomic mass is 9.77. The number of para-hydroxylation sites is 2. The predicted molar refractivity (Wildman–Crippen MR) is 148 cm³/mol. The van der Waals surface area contributed by atoms with Crippen LogP contribution in [-0.2, 0) is 10.2 Å². The maximum atomic E-state index is 14.0. The molecule has 4 aromatic rings. The van der Waals surface area contributed by atoms with E-state index >= 15 is 0 Å². The second-order valence-corrected chi connectivity index (χ2v) is 9.69. The first-order chi connectivity index (χ1) is 19.6. The van der Waals surface area contributed by atoms with Gasteiger partial charge in [-0.2, -0.15) is 0 Å². The molecule has 0 saturated carbocycles. The molecule has 3 aliphatic heterocycles. The van der Waals surface area contributed by atoms with Gasteiger partial charge in [0.2, 0.25) is 12.7 Å². The normalized spacial score (nSPS) is 17.8. The average Bonchev–Trinajstić information content (AvgIpc) is 3.66. The summed E-state index contributed by atoms with van der Waals surface area (Å²) in [5, 5.41) is 5.67. The van der Waals surface area contributed by atoms with E-state index in [0.717, 1.165) is 22.6 Å². The van der Waals surface area contributed by atoms with Crippen LogP contribution in [0, 0.1) is 0 Å². The Morgan fingerprint density at radius 2 is 1.55 bits per heavy atom. The van der Waals surface area contributed by atoms with E-state index in [2.05, 4.69) is 10.6 Å². The standard InChI is InChI=1S/C31H25N3O6/c35-29-31(18-37-26-17-28-27(16-24(26)31)38-19-39-28)23-8-4-5-9-25(23)34(29)15-14-32-30(36)33-20-10-12-22(13-11-20)40-21-6-2-1-3-7-21/h1-13,16-17H,14-15,18-19H2,(H2,32,33,36). The molecule has 3 heterocycles. The molecular formula is C31H25N3O6. The molecular weight excluding hydrogens is 510 g/mol. The van der Waals surface area contributed by atoms with Crippen LogP contribution in [0.4, 0.5) is 16.2 Å². The van der Waals surface area contributed by atoms with Crippen molar-refractivity contribution in [3.63, 3.8) is 0 Å². The van der Waals surface area contributed by atoms with Gasteiger partial charge in [-0.1, -0.05) is 36.4 Å². The van der Waals surface area contributed by atoms with E-state index in [-0.39, 0.29) is 31.9 Å². The summed E-state index contributed by atoms with van der Waals surface area (Å²) in [6.45, 7) is 0.886. The zero-order valence-electron chi connectivity index (χ0n) is 21.4. The summed E-state index contributed by atoms with van der Waals surface area (Å²) in [5.41, 5.74) is 2.09. The Kier molecular flexibility index (Phi) is 5.70. The van der Waals surface area contributed by atoms with Gasteiger partial charge < -0.3 is 34.5 Å². The summed E-state index contributed by atoms with van der Waals surface area (Å²) in [6, 6.07) is 27.6. The van der Waals surface area contributed by atoms with Gasteiger partial charge in [0.25, 0.3) is 0 Å². The Morgan fingerprint density at radius 3 is 2.38 bits per heavy atom. The Labute approximate surface area is 230 Å². The molecule has 0 radical (unpaired) electrons. The number of carbonyl (C=O) groups is 2. The molecule has 4 aromatic carbocycles. The molecule has 0 fully saturated rings. The van der Waals surface area contributed by atoms with Crippen molar-refractivity contribution in [1.82, 2.24) is 5.32 Å². The summed E-state index contributed by atoms with van der Waals surface area (Å²) in [5.74, 6) is 3.14. The zero-order chi connectivity index (χ0) is 27.1. The molecule has 9 nitrogen and oxygen atoms in total. The van der Waals surface area contributed by atoms with Crippen molar-refractivity contribution in [2.24, 2.45) is 0 Å². The number of nitrogens with one attached hydrogen (secondary N) is 2. The van der Waals surface area contributed by atoms with Crippen LogP contribution >= 0.6 is 0 Å². The van der Waals surface area contributed by atoms with Crippen LogP contribution in [-0.4, -0.2) is 38.4 Å². The number of anilines is 2.